The molecule has 0 spiro atoms. The van der Waals surface area contributed by atoms with Crippen molar-refractivity contribution in [2.24, 2.45) is 0 Å². The van der Waals surface area contributed by atoms with Crippen LogP contribution in [-0.4, -0.2) is 24.1 Å². The van der Waals surface area contributed by atoms with Crippen molar-refractivity contribution < 1.29 is 50.9 Å². The van der Waals surface area contributed by atoms with Gasteiger partial charge in [-0.05, 0) is 40.5 Å². The fourth-order valence-electron chi connectivity index (χ4n) is 5.66. The Morgan fingerprint density at radius 3 is 0.714 bits per heavy atom. The minimum absolute atomic E-state index is 0. The summed E-state index contributed by atoms with van der Waals surface area (Å²) in [5, 5.41) is 0. The Labute approximate surface area is 320 Å². The summed E-state index contributed by atoms with van der Waals surface area (Å²) >= 11 is 0. The molecule has 49 heavy (non-hydrogen) atoms. The average Bonchev–Trinajstić information content (AvgIpc) is 3.06. The first-order chi connectivity index (χ1) is 23.3. The SMILES string of the molecule is CCCCCCCCCCCCCCCCCC(=O)OOC(C)C.CCCCCCCCCCCCCCCCCC(=O)OOC(C)C.[Ti]. The number of rotatable bonds is 36. The largest absolute Gasteiger partial charge is 0.342 e. The molecule has 0 amide bonds. The number of unbranched alkanes of at least 4 members (excludes halogenated alkanes) is 28. The number of carbonyl (C=O) groups is 2. The van der Waals surface area contributed by atoms with Crippen molar-refractivity contribution >= 4 is 11.9 Å². The summed E-state index contributed by atoms with van der Waals surface area (Å²) in [6, 6.07) is 0. The maximum Gasteiger partial charge on any atom is 0.342 e. The van der Waals surface area contributed by atoms with E-state index in [1.165, 1.54) is 167 Å². The minimum atomic E-state index is -0.238. The molecule has 0 aliphatic carbocycles. The zero-order valence-corrected chi connectivity index (χ0v) is 35.3. The first-order valence-electron chi connectivity index (χ1n) is 21.1. The topological polar surface area (TPSA) is 71.1 Å². The summed E-state index contributed by atoms with van der Waals surface area (Å²) in [5.41, 5.74) is 0. The van der Waals surface area contributed by atoms with Crippen LogP contribution >= 0.6 is 0 Å². The second kappa shape index (κ2) is 45.6. The van der Waals surface area contributed by atoms with Crippen molar-refractivity contribution in [3.8, 4) is 0 Å². The molecule has 0 fully saturated rings. The molecule has 0 rings (SSSR count). The molecule has 7 heteroatoms. The Bertz CT molecular complexity index is 589. The summed E-state index contributed by atoms with van der Waals surface area (Å²) in [4.78, 5) is 41.7. The van der Waals surface area contributed by atoms with Gasteiger partial charge in [0.25, 0.3) is 0 Å². The Morgan fingerprint density at radius 2 is 0.531 bits per heavy atom. The van der Waals surface area contributed by atoms with Gasteiger partial charge in [-0.2, -0.15) is 9.78 Å². The van der Waals surface area contributed by atoms with Gasteiger partial charge in [0.05, 0.1) is 12.2 Å². The monoisotopic (exact) mass is 733 g/mol. The number of hydrogen-bond acceptors (Lipinski definition) is 6. The maximum absolute atomic E-state index is 11.3. The summed E-state index contributed by atoms with van der Waals surface area (Å²) in [7, 11) is 0. The van der Waals surface area contributed by atoms with Gasteiger partial charge in [0.15, 0.2) is 0 Å². The summed E-state index contributed by atoms with van der Waals surface area (Å²) < 4.78 is 0. The van der Waals surface area contributed by atoms with Gasteiger partial charge in [-0.1, -0.05) is 194 Å². The van der Waals surface area contributed by atoms with Gasteiger partial charge in [0.2, 0.25) is 0 Å². The summed E-state index contributed by atoms with van der Waals surface area (Å²) in [6.07, 6.45) is 40.8. The van der Waals surface area contributed by atoms with Crippen LogP contribution in [0.25, 0.3) is 0 Å². The van der Waals surface area contributed by atoms with Crippen molar-refractivity contribution in [3.63, 3.8) is 0 Å². The van der Waals surface area contributed by atoms with Gasteiger partial charge in [-0.15, -0.1) is 0 Å². The van der Waals surface area contributed by atoms with Gasteiger partial charge < -0.3 is 0 Å². The Balaban J connectivity index is -0.000000846. The standard InChI is InChI=1S/2C21H42O3.Ti/c2*1-4-5-6-7-8-9-10-11-12-13-14-15-16-17-18-19-21(22)24-23-20(2)3;/h2*20H,4-19H2,1-3H3;. The van der Waals surface area contributed by atoms with Crippen molar-refractivity contribution in [2.75, 3.05) is 0 Å². The maximum atomic E-state index is 11.3. The van der Waals surface area contributed by atoms with Crippen LogP contribution in [0.1, 0.15) is 247 Å². The number of hydrogen-bond donors (Lipinski definition) is 0. The van der Waals surface area contributed by atoms with E-state index in [0.717, 1.165) is 25.7 Å². The molecule has 0 bridgehead atoms. The third-order valence-corrected chi connectivity index (χ3v) is 8.64. The molecule has 0 aromatic carbocycles. The number of carbonyl (C=O) groups excluding carboxylic acids is 2. The predicted molar refractivity (Wildman–Crippen MR) is 204 cm³/mol. The molecule has 0 aromatic rings. The quantitative estimate of drug-likeness (QED) is 0.0276. The third-order valence-electron chi connectivity index (χ3n) is 8.64. The molecule has 0 heterocycles. The van der Waals surface area contributed by atoms with E-state index < -0.39 is 0 Å². The average molecular weight is 733 g/mol. The van der Waals surface area contributed by atoms with E-state index in [2.05, 4.69) is 23.6 Å². The van der Waals surface area contributed by atoms with Crippen LogP contribution in [0.4, 0.5) is 0 Å². The Morgan fingerprint density at radius 1 is 0.347 bits per heavy atom. The van der Waals surface area contributed by atoms with E-state index in [9.17, 15) is 9.59 Å². The van der Waals surface area contributed by atoms with Crippen molar-refractivity contribution in [1.29, 1.82) is 0 Å². The summed E-state index contributed by atoms with van der Waals surface area (Å²) in [6.45, 7) is 11.9. The minimum Gasteiger partial charge on any atom is -0.298 e. The van der Waals surface area contributed by atoms with Crippen LogP contribution in [0, 0.1) is 0 Å². The zero-order chi connectivity index (χ0) is 35.8. The molecular formula is C42H84O6Ti. The Hall–Kier alpha value is -0.426. The molecule has 0 N–H and O–H groups in total. The van der Waals surface area contributed by atoms with Gasteiger partial charge in [-0.3, -0.25) is 9.78 Å². The molecule has 0 aliphatic heterocycles. The third kappa shape index (κ3) is 52.0. The second-order valence-electron chi connectivity index (χ2n) is 14.6. The van der Waals surface area contributed by atoms with E-state index in [0.29, 0.717) is 12.8 Å². The first-order valence-corrected chi connectivity index (χ1v) is 21.1. The second-order valence-corrected chi connectivity index (χ2v) is 14.6. The fraction of sp³-hybridized carbons (Fsp3) is 0.952. The van der Waals surface area contributed by atoms with E-state index in [4.69, 9.17) is 9.78 Å². The van der Waals surface area contributed by atoms with Crippen molar-refractivity contribution in [1.82, 2.24) is 0 Å². The van der Waals surface area contributed by atoms with E-state index in [1.54, 1.807) is 0 Å². The van der Waals surface area contributed by atoms with Crippen LogP contribution in [0.15, 0.2) is 0 Å². The fourth-order valence-corrected chi connectivity index (χ4v) is 5.66. The molecule has 0 saturated carbocycles. The smallest absolute Gasteiger partial charge is 0.298 e. The first kappa shape index (κ1) is 52.9. The van der Waals surface area contributed by atoms with Crippen molar-refractivity contribution in [2.45, 2.75) is 259 Å². The molecule has 292 valence electrons. The normalized spacial score (nSPS) is 10.9. The molecule has 0 atom stereocenters. The van der Waals surface area contributed by atoms with Crippen LogP contribution < -0.4 is 0 Å². The molecule has 0 radical (unpaired) electrons. The molecule has 6 nitrogen and oxygen atoms in total. The van der Waals surface area contributed by atoms with E-state index >= 15 is 0 Å². The molecule has 0 unspecified atom stereocenters. The van der Waals surface area contributed by atoms with Gasteiger partial charge in [0, 0.05) is 34.6 Å². The molecular weight excluding hydrogens is 648 g/mol. The van der Waals surface area contributed by atoms with Crippen LogP contribution in [0.5, 0.6) is 0 Å². The van der Waals surface area contributed by atoms with Crippen LogP contribution in [-0.2, 0) is 50.9 Å². The predicted octanol–water partition coefficient (Wildman–Crippen LogP) is 14.3. The van der Waals surface area contributed by atoms with Crippen molar-refractivity contribution in [3.05, 3.63) is 0 Å². The van der Waals surface area contributed by atoms with E-state index in [1.807, 2.05) is 27.7 Å². The van der Waals surface area contributed by atoms with E-state index in [-0.39, 0.29) is 45.9 Å². The molecule has 0 aromatic heterocycles. The molecule has 0 saturated heterocycles. The van der Waals surface area contributed by atoms with Crippen LogP contribution in [0.3, 0.4) is 0 Å². The van der Waals surface area contributed by atoms with Gasteiger partial charge >= 0.3 is 11.9 Å². The Kier molecular flexibility index (Phi) is 49.3. The summed E-state index contributed by atoms with van der Waals surface area (Å²) in [5.74, 6) is -0.475. The molecule has 0 aliphatic rings. The zero-order valence-electron chi connectivity index (χ0n) is 33.7. The van der Waals surface area contributed by atoms with Crippen LogP contribution in [0.2, 0.25) is 0 Å². The van der Waals surface area contributed by atoms with Gasteiger partial charge in [0.1, 0.15) is 0 Å². The van der Waals surface area contributed by atoms with Gasteiger partial charge in [-0.25, -0.2) is 9.59 Å².